The average Bonchev–Trinajstić information content (AvgIpc) is 3.09. The molecule has 0 aliphatic heterocycles. The molecule has 0 spiro atoms. The topological polar surface area (TPSA) is 117 Å². The van der Waals surface area contributed by atoms with Crippen LogP contribution >= 0.6 is 7.75 Å². The summed E-state index contributed by atoms with van der Waals surface area (Å²) < 4.78 is 31.2. The molecule has 0 heterocycles. The fraction of sp³-hybridized carbons (Fsp3) is 0.583. The summed E-state index contributed by atoms with van der Waals surface area (Å²) in [5.41, 5.74) is -0.156. The summed E-state index contributed by atoms with van der Waals surface area (Å²) in [6.45, 7) is 7.58. The van der Waals surface area contributed by atoms with Gasteiger partial charge in [0.25, 0.3) is 0 Å². The van der Waals surface area contributed by atoms with Gasteiger partial charge in [-0.2, -0.15) is 0 Å². The van der Waals surface area contributed by atoms with Crippen molar-refractivity contribution in [1.29, 1.82) is 0 Å². The summed E-state index contributed by atoms with van der Waals surface area (Å²) in [6, 6.07) is 12.2. The van der Waals surface area contributed by atoms with Gasteiger partial charge in [0.15, 0.2) is 6.29 Å². The second-order valence-corrected chi connectivity index (χ2v) is 11.6. The van der Waals surface area contributed by atoms with Crippen LogP contribution in [0.4, 0.5) is 0 Å². The molecule has 6 atom stereocenters. The number of nitrogens with one attached hydrogen (secondary N) is 1. The third-order valence-corrected chi connectivity index (χ3v) is 7.35. The maximum Gasteiger partial charge on any atom is 0.459 e. The minimum Gasteiger partial charge on any atom is -0.413 e. The van der Waals surface area contributed by atoms with Crippen LogP contribution in [0.3, 0.4) is 0 Å². The van der Waals surface area contributed by atoms with Crippen LogP contribution in [-0.4, -0.2) is 53.1 Å². The average molecular weight is 482 g/mol. The van der Waals surface area contributed by atoms with E-state index in [4.69, 9.17) is 13.8 Å². The van der Waals surface area contributed by atoms with Gasteiger partial charge in [0.2, 0.25) is 0 Å². The van der Waals surface area contributed by atoms with E-state index in [0.717, 1.165) is 10.8 Å². The van der Waals surface area contributed by atoms with Crippen molar-refractivity contribution >= 4 is 18.5 Å². The highest BCUT2D eigenvalue weighted by Crippen LogP contribution is 2.49. The lowest BCUT2D eigenvalue weighted by atomic mass is 9.99. The van der Waals surface area contributed by atoms with Gasteiger partial charge >= 0.3 is 7.75 Å². The first kappa shape index (κ1) is 26.1. The van der Waals surface area contributed by atoms with Crippen molar-refractivity contribution in [3.8, 4) is 5.75 Å². The summed E-state index contributed by atoms with van der Waals surface area (Å²) in [7, 11) is -4.03. The van der Waals surface area contributed by atoms with E-state index in [-0.39, 0.29) is 12.0 Å². The molecule has 8 nitrogen and oxygen atoms in total. The number of aliphatic hydroxyl groups is 3. The minimum atomic E-state index is -4.03. The van der Waals surface area contributed by atoms with E-state index in [2.05, 4.69) is 5.09 Å². The molecule has 1 aliphatic carbocycles. The van der Waals surface area contributed by atoms with Gasteiger partial charge in [-0.1, -0.05) is 51.1 Å². The highest BCUT2D eigenvalue weighted by molar-refractivity contribution is 7.52. The molecule has 0 saturated heterocycles. The van der Waals surface area contributed by atoms with E-state index in [1.54, 1.807) is 19.1 Å². The Morgan fingerprint density at radius 3 is 2.52 bits per heavy atom. The van der Waals surface area contributed by atoms with E-state index in [0.29, 0.717) is 25.2 Å². The third-order valence-electron chi connectivity index (χ3n) is 5.63. The van der Waals surface area contributed by atoms with Gasteiger partial charge < -0.3 is 24.6 Å². The Morgan fingerprint density at radius 2 is 1.85 bits per heavy atom. The molecular weight excluding hydrogens is 445 g/mol. The van der Waals surface area contributed by atoms with Crippen molar-refractivity contribution < 1.29 is 33.7 Å². The van der Waals surface area contributed by atoms with Crippen molar-refractivity contribution in [1.82, 2.24) is 5.09 Å². The zero-order valence-corrected chi connectivity index (χ0v) is 20.6. The third kappa shape index (κ3) is 7.23. The summed E-state index contributed by atoms with van der Waals surface area (Å²) in [5.74, 6) is -0.237. The molecule has 4 N–H and O–H groups in total. The van der Waals surface area contributed by atoms with E-state index in [9.17, 15) is 19.9 Å². The molecule has 0 amide bonds. The van der Waals surface area contributed by atoms with Gasteiger partial charge in [-0.15, -0.1) is 0 Å². The van der Waals surface area contributed by atoms with E-state index in [1.807, 2.05) is 51.1 Å². The van der Waals surface area contributed by atoms with Gasteiger partial charge in [-0.05, 0) is 48.1 Å². The standard InChI is InChI=1S/C24H36NO7P/c1-16(23(28)30-15-24(2,3)4)25-33(29,32-22-12-11-21(27)20(22)14-26)31-19-10-9-17-7-5-6-8-18(17)13-19/h5-10,13,16,20-23,26-28H,11-12,14-15H2,1-4H3,(H,25,29)/t16-,20+,21-,22+,23?,33?/m0/s1. The molecule has 1 aliphatic rings. The Kier molecular flexibility index (Phi) is 8.56. The van der Waals surface area contributed by atoms with Crippen LogP contribution in [0.2, 0.25) is 0 Å². The monoisotopic (exact) mass is 481 g/mol. The normalized spacial score (nSPS) is 25.0. The first-order valence-corrected chi connectivity index (χ1v) is 12.9. The van der Waals surface area contributed by atoms with Crippen LogP contribution in [0.25, 0.3) is 10.8 Å². The van der Waals surface area contributed by atoms with Gasteiger partial charge in [0.05, 0.1) is 31.5 Å². The fourth-order valence-corrected chi connectivity index (χ4v) is 5.59. The summed E-state index contributed by atoms with van der Waals surface area (Å²) >= 11 is 0. The molecule has 0 aromatic heterocycles. The van der Waals surface area contributed by atoms with Crippen molar-refractivity contribution in [2.24, 2.45) is 11.3 Å². The van der Waals surface area contributed by atoms with E-state index in [1.165, 1.54) is 0 Å². The molecule has 33 heavy (non-hydrogen) atoms. The van der Waals surface area contributed by atoms with Crippen LogP contribution in [0, 0.1) is 11.3 Å². The van der Waals surface area contributed by atoms with E-state index < -0.39 is 38.2 Å². The predicted molar refractivity (Wildman–Crippen MR) is 127 cm³/mol. The number of rotatable bonds is 10. The second-order valence-electron chi connectivity index (χ2n) is 9.91. The fourth-order valence-electron chi connectivity index (χ4n) is 3.79. The number of ether oxygens (including phenoxy) is 1. The van der Waals surface area contributed by atoms with Crippen molar-refractivity contribution in [3.63, 3.8) is 0 Å². The largest absolute Gasteiger partial charge is 0.459 e. The van der Waals surface area contributed by atoms with Crippen molar-refractivity contribution in [3.05, 3.63) is 42.5 Å². The van der Waals surface area contributed by atoms with Gasteiger partial charge in [0, 0.05) is 5.92 Å². The zero-order chi connectivity index (χ0) is 24.2. The number of fused-ring (bicyclic) bond motifs is 1. The molecule has 1 saturated carbocycles. The Balaban J connectivity index is 1.80. The molecule has 2 aromatic carbocycles. The van der Waals surface area contributed by atoms with Crippen LogP contribution in [0.1, 0.15) is 40.5 Å². The lowest BCUT2D eigenvalue weighted by Crippen LogP contribution is -2.41. The first-order valence-electron chi connectivity index (χ1n) is 11.3. The predicted octanol–water partition coefficient (Wildman–Crippen LogP) is 3.83. The van der Waals surface area contributed by atoms with Gasteiger partial charge in [-0.3, -0.25) is 4.52 Å². The Labute approximate surface area is 195 Å². The summed E-state index contributed by atoms with van der Waals surface area (Å²) in [6.07, 6.45) is -1.80. The molecule has 0 radical (unpaired) electrons. The maximum absolute atomic E-state index is 13.9. The molecular formula is C24H36NO7P. The molecule has 0 bridgehead atoms. The maximum atomic E-state index is 13.9. The number of aliphatic hydroxyl groups excluding tert-OH is 3. The Morgan fingerprint density at radius 1 is 1.15 bits per heavy atom. The second kappa shape index (κ2) is 10.8. The number of hydrogen-bond donors (Lipinski definition) is 4. The molecule has 3 rings (SSSR count). The van der Waals surface area contributed by atoms with Crippen molar-refractivity contribution in [2.45, 2.75) is 65.1 Å². The van der Waals surface area contributed by atoms with Crippen LogP contribution in [0.15, 0.2) is 42.5 Å². The van der Waals surface area contributed by atoms with Gasteiger partial charge in [0.1, 0.15) is 5.75 Å². The smallest absolute Gasteiger partial charge is 0.413 e. The lowest BCUT2D eigenvalue weighted by molar-refractivity contribution is -0.131. The van der Waals surface area contributed by atoms with Gasteiger partial charge in [-0.25, -0.2) is 9.65 Å². The minimum absolute atomic E-state index is 0.156. The number of benzene rings is 2. The highest BCUT2D eigenvalue weighted by atomic mass is 31.2. The molecule has 1 fully saturated rings. The summed E-state index contributed by atoms with van der Waals surface area (Å²) in [5, 5.41) is 35.0. The molecule has 2 unspecified atom stereocenters. The van der Waals surface area contributed by atoms with Crippen LogP contribution in [-0.2, 0) is 13.8 Å². The highest BCUT2D eigenvalue weighted by Gasteiger charge is 2.42. The quantitative estimate of drug-likeness (QED) is 0.299. The molecule has 2 aromatic rings. The zero-order valence-electron chi connectivity index (χ0n) is 19.7. The Hall–Kier alpha value is -1.51. The number of hydrogen-bond acceptors (Lipinski definition) is 7. The molecule has 184 valence electrons. The van der Waals surface area contributed by atoms with Crippen molar-refractivity contribution in [2.75, 3.05) is 13.2 Å². The van der Waals surface area contributed by atoms with Crippen LogP contribution < -0.4 is 9.61 Å². The SMILES string of the molecule is C[C@H](NP(=O)(Oc1ccc2ccccc2c1)O[C@@H]1CC[C@H](O)[C@H]1CO)C(O)OCC(C)(C)C. The van der Waals surface area contributed by atoms with E-state index >= 15 is 0 Å². The lowest BCUT2D eigenvalue weighted by Gasteiger charge is -2.30. The first-order chi connectivity index (χ1) is 15.5. The Bertz CT molecular complexity index is 963. The molecule has 9 heteroatoms. The van der Waals surface area contributed by atoms with Crippen LogP contribution in [0.5, 0.6) is 5.75 Å². The summed E-state index contributed by atoms with van der Waals surface area (Å²) in [4.78, 5) is 0.